The van der Waals surface area contributed by atoms with Crippen LogP contribution < -0.4 is 11.3 Å². The molecule has 16 heavy (non-hydrogen) atoms. The van der Waals surface area contributed by atoms with E-state index in [2.05, 4.69) is 21.9 Å². The summed E-state index contributed by atoms with van der Waals surface area (Å²) in [6.07, 6.45) is 2.51. The third kappa shape index (κ3) is 2.59. The number of halogens is 1. The first-order valence-electron chi connectivity index (χ1n) is 4.89. The van der Waals surface area contributed by atoms with Crippen LogP contribution in [0.1, 0.15) is 17.3 Å². The van der Waals surface area contributed by atoms with E-state index in [4.69, 9.17) is 17.4 Å². The summed E-state index contributed by atoms with van der Waals surface area (Å²) in [5, 5.41) is 4.78. The van der Waals surface area contributed by atoms with Crippen LogP contribution in [0.5, 0.6) is 0 Å². The standard InChI is InChI=1S/C11H12ClN3S/c12-9-2-1-4-14-11(9)10(15-13)6-8-3-5-16-7-8/h1-5,7,10,15H,6,13H2. The minimum atomic E-state index is -0.0525. The Kier molecular flexibility index (Phi) is 3.90. The average Bonchev–Trinajstić information content (AvgIpc) is 2.80. The van der Waals surface area contributed by atoms with Gasteiger partial charge < -0.3 is 0 Å². The number of hydrogen-bond donors (Lipinski definition) is 2. The second kappa shape index (κ2) is 5.41. The van der Waals surface area contributed by atoms with Crippen LogP contribution >= 0.6 is 22.9 Å². The lowest BCUT2D eigenvalue weighted by molar-refractivity contribution is 0.539. The van der Waals surface area contributed by atoms with E-state index in [1.165, 1.54) is 5.56 Å². The summed E-state index contributed by atoms with van der Waals surface area (Å²) in [7, 11) is 0. The van der Waals surface area contributed by atoms with E-state index in [1.54, 1.807) is 17.5 Å². The molecule has 3 nitrogen and oxygen atoms in total. The van der Waals surface area contributed by atoms with Crippen LogP contribution in [0.2, 0.25) is 5.02 Å². The fourth-order valence-electron chi connectivity index (χ4n) is 1.53. The van der Waals surface area contributed by atoms with E-state index < -0.39 is 0 Å². The number of nitrogens with one attached hydrogen (secondary N) is 1. The normalized spacial score (nSPS) is 12.6. The molecule has 0 aliphatic carbocycles. The van der Waals surface area contributed by atoms with Gasteiger partial charge in [0.25, 0.3) is 0 Å². The van der Waals surface area contributed by atoms with Gasteiger partial charge in [-0.2, -0.15) is 11.3 Å². The van der Waals surface area contributed by atoms with Gasteiger partial charge in [-0.05, 0) is 40.9 Å². The fraction of sp³-hybridized carbons (Fsp3) is 0.182. The Morgan fingerprint density at radius 2 is 2.38 bits per heavy atom. The highest BCUT2D eigenvalue weighted by atomic mass is 35.5. The second-order valence-electron chi connectivity index (χ2n) is 3.43. The van der Waals surface area contributed by atoms with E-state index in [1.807, 2.05) is 17.5 Å². The quantitative estimate of drug-likeness (QED) is 0.650. The highest BCUT2D eigenvalue weighted by Crippen LogP contribution is 2.23. The van der Waals surface area contributed by atoms with Crippen LogP contribution in [0.15, 0.2) is 35.2 Å². The maximum atomic E-state index is 6.08. The highest BCUT2D eigenvalue weighted by Gasteiger charge is 2.15. The van der Waals surface area contributed by atoms with Crippen molar-refractivity contribution in [3.63, 3.8) is 0 Å². The molecule has 0 bridgehead atoms. The molecule has 1 unspecified atom stereocenters. The van der Waals surface area contributed by atoms with Crippen molar-refractivity contribution in [2.45, 2.75) is 12.5 Å². The van der Waals surface area contributed by atoms with E-state index in [0.29, 0.717) is 5.02 Å². The fourth-order valence-corrected chi connectivity index (χ4v) is 2.47. The molecule has 0 saturated heterocycles. The molecule has 2 aromatic heterocycles. The van der Waals surface area contributed by atoms with Gasteiger partial charge in [-0.15, -0.1) is 0 Å². The van der Waals surface area contributed by atoms with Crippen molar-refractivity contribution < 1.29 is 0 Å². The van der Waals surface area contributed by atoms with Crippen molar-refractivity contribution in [3.05, 3.63) is 51.4 Å². The minimum absolute atomic E-state index is 0.0525. The summed E-state index contributed by atoms with van der Waals surface area (Å²) in [5.41, 5.74) is 4.78. The van der Waals surface area contributed by atoms with Crippen LogP contribution in [-0.2, 0) is 6.42 Å². The molecule has 0 aliphatic rings. The molecule has 0 amide bonds. The summed E-state index contributed by atoms with van der Waals surface area (Å²) in [5.74, 6) is 5.55. The molecule has 2 heterocycles. The Bertz CT molecular complexity index is 444. The molecule has 0 fully saturated rings. The van der Waals surface area contributed by atoms with Gasteiger partial charge in [-0.3, -0.25) is 16.3 Å². The number of hydrazine groups is 1. The maximum absolute atomic E-state index is 6.08. The number of rotatable bonds is 4. The summed E-state index contributed by atoms with van der Waals surface area (Å²) in [4.78, 5) is 4.26. The van der Waals surface area contributed by atoms with Crippen LogP contribution in [0, 0.1) is 0 Å². The Morgan fingerprint density at radius 1 is 1.50 bits per heavy atom. The van der Waals surface area contributed by atoms with Crippen molar-refractivity contribution in [1.82, 2.24) is 10.4 Å². The van der Waals surface area contributed by atoms with E-state index in [-0.39, 0.29) is 6.04 Å². The van der Waals surface area contributed by atoms with E-state index in [0.717, 1.165) is 12.1 Å². The Labute approximate surface area is 103 Å². The van der Waals surface area contributed by atoms with Crippen LogP contribution in [0.3, 0.4) is 0 Å². The number of nitrogens with zero attached hydrogens (tertiary/aromatic N) is 1. The molecule has 3 N–H and O–H groups in total. The topological polar surface area (TPSA) is 50.9 Å². The lowest BCUT2D eigenvalue weighted by Gasteiger charge is -2.15. The molecule has 0 saturated carbocycles. The van der Waals surface area contributed by atoms with Crippen molar-refractivity contribution in [1.29, 1.82) is 0 Å². The van der Waals surface area contributed by atoms with Gasteiger partial charge in [0.15, 0.2) is 0 Å². The molecule has 1 atom stereocenters. The number of hydrogen-bond acceptors (Lipinski definition) is 4. The predicted molar refractivity (Wildman–Crippen MR) is 67.3 cm³/mol. The van der Waals surface area contributed by atoms with Crippen molar-refractivity contribution in [2.75, 3.05) is 0 Å². The first-order valence-corrected chi connectivity index (χ1v) is 6.21. The van der Waals surface area contributed by atoms with E-state index >= 15 is 0 Å². The molecule has 0 spiro atoms. The largest absolute Gasteiger partial charge is 0.271 e. The van der Waals surface area contributed by atoms with Crippen LogP contribution in [0.4, 0.5) is 0 Å². The molecular formula is C11H12ClN3S. The molecule has 0 aromatic carbocycles. The summed E-state index contributed by atoms with van der Waals surface area (Å²) in [6.45, 7) is 0. The highest BCUT2D eigenvalue weighted by molar-refractivity contribution is 7.07. The van der Waals surface area contributed by atoms with Crippen molar-refractivity contribution in [2.24, 2.45) is 5.84 Å². The van der Waals surface area contributed by atoms with Crippen molar-refractivity contribution >= 4 is 22.9 Å². The molecular weight excluding hydrogens is 242 g/mol. The van der Waals surface area contributed by atoms with Crippen LogP contribution in [-0.4, -0.2) is 4.98 Å². The predicted octanol–water partition coefficient (Wildman–Crippen LogP) is 2.54. The van der Waals surface area contributed by atoms with Gasteiger partial charge in [0.2, 0.25) is 0 Å². The second-order valence-corrected chi connectivity index (χ2v) is 4.61. The lowest BCUT2D eigenvalue weighted by atomic mass is 10.1. The Hall–Kier alpha value is -0.940. The third-order valence-corrected chi connectivity index (χ3v) is 3.39. The zero-order chi connectivity index (χ0) is 11.4. The Morgan fingerprint density at radius 3 is 3.00 bits per heavy atom. The van der Waals surface area contributed by atoms with E-state index in [9.17, 15) is 0 Å². The monoisotopic (exact) mass is 253 g/mol. The van der Waals surface area contributed by atoms with Gasteiger partial charge in [0, 0.05) is 6.20 Å². The first-order chi connectivity index (χ1) is 7.81. The lowest BCUT2D eigenvalue weighted by Crippen LogP contribution is -2.30. The SMILES string of the molecule is NNC(Cc1ccsc1)c1ncccc1Cl. The third-order valence-electron chi connectivity index (χ3n) is 2.34. The summed E-state index contributed by atoms with van der Waals surface area (Å²) < 4.78 is 0. The number of nitrogens with two attached hydrogens (primary N) is 1. The molecule has 0 radical (unpaired) electrons. The summed E-state index contributed by atoms with van der Waals surface area (Å²) in [6, 6.07) is 5.65. The Balaban J connectivity index is 2.20. The number of pyridine rings is 1. The van der Waals surface area contributed by atoms with Gasteiger partial charge in [0.1, 0.15) is 0 Å². The van der Waals surface area contributed by atoms with Crippen LogP contribution in [0.25, 0.3) is 0 Å². The van der Waals surface area contributed by atoms with Gasteiger partial charge >= 0.3 is 0 Å². The summed E-state index contributed by atoms with van der Waals surface area (Å²) >= 11 is 7.75. The van der Waals surface area contributed by atoms with Gasteiger partial charge in [-0.25, -0.2) is 0 Å². The maximum Gasteiger partial charge on any atom is 0.0775 e. The molecule has 84 valence electrons. The first kappa shape index (κ1) is 11.5. The molecule has 5 heteroatoms. The molecule has 2 aromatic rings. The van der Waals surface area contributed by atoms with Crippen molar-refractivity contribution in [3.8, 4) is 0 Å². The van der Waals surface area contributed by atoms with Gasteiger partial charge in [0.05, 0.1) is 16.8 Å². The number of thiophene rings is 1. The smallest absolute Gasteiger partial charge is 0.0775 e. The zero-order valence-electron chi connectivity index (χ0n) is 8.56. The zero-order valence-corrected chi connectivity index (χ0v) is 10.1. The molecule has 0 aliphatic heterocycles. The van der Waals surface area contributed by atoms with Gasteiger partial charge in [-0.1, -0.05) is 11.6 Å². The minimum Gasteiger partial charge on any atom is -0.271 e. The average molecular weight is 254 g/mol. The molecule has 2 rings (SSSR count). The number of aromatic nitrogens is 1.